The molecule has 0 bridgehead atoms. The molecule has 2 N–H and O–H groups in total. The molecular formula is C16H23N5O3. The third-order valence-electron chi connectivity index (χ3n) is 4.25. The van der Waals surface area contributed by atoms with Crippen LogP contribution in [0, 0.1) is 6.92 Å². The van der Waals surface area contributed by atoms with Crippen molar-refractivity contribution in [1.29, 1.82) is 0 Å². The minimum atomic E-state index is -0.353. The summed E-state index contributed by atoms with van der Waals surface area (Å²) in [4.78, 5) is 16.4. The molecule has 8 nitrogen and oxygen atoms in total. The molecule has 0 unspecified atom stereocenters. The minimum absolute atomic E-state index is 0.299. The number of carbonyl (C=O) groups is 1. The van der Waals surface area contributed by atoms with Gasteiger partial charge in [0.05, 0.1) is 6.54 Å². The zero-order chi connectivity index (χ0) is 16.9. The summed E-state index contributed by atoms with van der Waals surface area (Å²) in [5.74, 6) is 2.29. The van der Waals surface area contributed by atoms with E-state index in [1.54, 1.807) is 13.0 Å². The Morgan fingerprint density at radius 1 is 1.29 bits per heavy atom. The van der Waals surface area contributed by atoms with Crippen molar-refractivity contribution in [2.24, 2.45) is 0 Å². The average molecular weight is 333 g/mol. The zero-order valence-corrected chi connectivity index (χ0v) is 14.0. The van der Waals surface area contributed by atoms with Crippen molar-refractivity contribution in [3.8, 4) is 0 Å². The molecule has 0 saturated heterocycles. The Balaban J connectivity index is 1.49. The number of aromatic nitrogens is 3. The fourth-order valence-corrected chi connectivity index (χ4v) is 2.93. The van der Waals surface area contributed by atoms with Gasteiger partial charge in [0.1, 0.15) is 17.5 Å². The van der Waals surface area contributed by atoms with Crippen LogP contribution < -0.4 is 10.6 Å². The van der Waals surface area contributed by atoms with E-state index in [1.807, 2.05) is 6.92 Å². The molecule has 2 aromatic heterocycles. The first-order valence-corrected chi connectivity index (χ1v) is 8.42. The molecule has 0 spiro atoms. The van der Waals surface area contributed by atoms with Crippen LogP contribution in [0.2, 0.25) is 0 Å². The fraction of sp³-hybridized carbons (Fsp3) is 0.625. The summed E-state index contributed by atoms with van der Waals surface area (Å²) in [6.45, 7) is 3.92. The molecule has 3 rings (SSSR count). The van der Waals surface area contributed by atoms with Crippen LogP contribution in [0.1, 0.15) is 74.2 Å². The van der Waals surface area contributed by atoms with Gasteiger partial charge in [-0.3, -0.25) is 0 Å². The van der Waals surface area contributed by atoms with E-state index in [2.05, 4.69) is 25.9 Å². The van der Waals surface area contributed by atoms with E-state index >= 15 is 0 Å². The van der Waals surface area contributed by atoms with Gasteiger partial charge < -0.3 is 19.7 Å². The van der Waals surface area contributed by atoms with Crippen molar-refractivity contribution < 1.29 is 13.8 Å². The Morgan fingerprint density at radius 3 is 2.79 bits per heavy atom. The molecule has 1 fully saturated rings. The first kappa shape index (κ1) is 16.5. The van der Waals surface area contributed by atoms with Crippen molar-refractivity contribution in [3.63, 3.8) is 0 Å². The number of nitrogens with zero attached hydrogens (tertiary/aromatic N) is 3. The first-order chi connectivity index (χ1) is 11.6. The largest absolute Gasteiger partial charge is 0.361 e. The lowest BCUT2D eigenvalue weighted by Gasteiger charge is -2.17. The van der Waals surface area contributed by atoms with Crippen LogP contribution in [-0.2, 0) is 6.54 Å². The summed E-state index contributed by atoms with van der Waals surface area (Å²) in [7, 11) is 0. The third-order valence-corrected chi connectivity index (χ3v) is 4.25. The SMILES string of the molecule is Cc1cc(CNC(=O)N[C@@H](C)c2nc(C3CCCCC3)no2)no1. The van der Waals surface area contributed by atoms with Crippen molar-refractivity contribution >= 4 is 6.03 Å². The van der Waals surface area contributed by atoms with Crippen LogP contribution in [0.5, 0.6) is 0 Å². The number of nitrogens with one attached hydrogen (secondary N) is 2. The van der Waals surface area contributed by atoms with Crippen LogP contribution >= 0.6 is 0 Å². The predicted octanol–water partition coefficient (Wildman–Crippen LogP) is 2.97. The number of urea groups is 1. The van der Waals surface area contributed by atoms with Gasteiger partial charge in [-0.25, -0.2) is 4.79 Å². The summed E-state index contributed by atoms with van der Waals surface area (Å²) in [5, 5.41) is 13.4. The standard InChI is InChI=1S/C16H23N5O3/c1-10-8-13(20-23-10)9-17-16(22)18-11(2)15-19-14(21-24-15)12-6-4-3-5-7-12/h8,11-12H,3-7,9H2,1-2H3,(H2,17,18,22)/t11-/m0/s1. The highest BCUT2D eigenvalue weighted by Crippen LogP contribution is 2.31. The van der Waals surface area contributed by atoms with E-state index in [9.17, 15) is 4.79 Å². The lowest BCUT2D eigenvalue weighted by Crippen LogP contribution is -2.36. The maximum absolute atomic E-state index is 11.9. The van der Waals surface area contributed by atoms with Crippen LogP contribution in [0.15, 0.2) is 15.1 Å². The second-order valence-electron chi connectivity index (χ2n) is 6.30. The first-order valence-electron chi connectivity index (χ1n) is 8.42. The highest BCUT2D eigenvalue weighted by Gasteiger charge is 2.23. The second-order valence-corrected chi connectivity index (χ2v) is 6.30. The maximum Gasteiger partial charge on any atom is 0.315 e. The smallest absolute Gasteiger partial charge is 0.315 e. The van der Waals surface area contributed by atoms with Crippen LogP contribution in [0.3, 0.4) is 0 Å². The summed E-state index contributed by atoms with van der Waals surface area (Å²) in [5.41, 5.74) is 0.674. The monoisotopic (exact) mass is 333 g/mol. The highest BCUT2D eigenvalue weighted by atomic mass is 16.5. The summed E-state index contributed by atoms with van der Waals surface area (Å²) in [6, 6.07) is 1.10. The lowest BCUT2D eigenvalue weighted by atomic mass is 9.89. The molecule has 130 valence electrons. The van der Waals surface area contributed by atoms with E-state index in [0.717, 1.165) is 18.7 Å². The molecule has 2 aromatic rings. The van der Waals surface area contributed by atoms with Gasteiger partial charge in [0.25, 0.3) is 0 Å². The van der Waals surface area contributed by atoms with Crippen LogP contribution in [0.4, 0.5) is 4.79 Å². The van der Waals surface area contributed by atoms with Crippen molar-refractivity contribution in [3.05, 3.63) is 29.2 Å². The molecule has 24 heavy (non-hydrogen) atoms. The number of hydrogen-bond donors (Lipinski definition) is 2. The van der Waals surface area contributed by atoms with Gasteiger partial charge in [0, 0.05) is 12.0 Å². The highest BCUT2D eigenvalue weighted by molar-refractivity contribution is 5.74. The molecule has 2 amide bonds. The van der Waals surface area contributed by atoms with Gasteiger partial charge in [-0.15, -0.1) is 0 Å². The Morgan fingerprint density at radius 2 is 2.08 bits per heavy atom. The van der Waals surface area contributed by atoms with E-state index in [1.165, 1.54) is 19.3 Å². The Bertz CT molecular complexity index is 675. The molecule has 0 radical (unpaired) electrons. The quantitative estimate of drug-likeness (QED) is 0.871. The molecule has 0 aliphatic heterocycles. The molecule has 1 atom stereocenters. The van der Waals surface area contributed by atoms with E-state index < -0.39 is 0 Å². The molecule has 0 aromatic carbocycles. The van der Waals surface area contributed by atoms with Gasteiger partial charge in [0.2, 0.25) is 5.89 Å². The summed E-state index contributed by atoms with van der Waals surface area (Å²) in [6.07, 6.45) is 5.93. The predicted molar refractivity (Wildman–Crippen MR) is 85.2 cm³/mol. The number of hydrogen-bond acceptors (Lipinski definition) is 6. The molecule has 8 heteroatoms. The topological polar surface area (TPSA) is 106 Å². The van der Waals surface area contributed by atoms with E-state index in [-0.39, 0.29) is 12.1 Å². The normalized spacial score (nSPS) is 16.8. The Labute approximate surface area is 140 Å². The number of aryl methyl sites for hydroxylation is 1. The van der Waals surface area contributed by atoms with Gasteiger partial charge in [-0.05, 0) is 26.7 Å². The molecule has 1 saturated carbocycles. The summed E-state index contributed by atoms with van der Waals surface area (Å²) < 4.78 is 10.3. The van der Waals surface area contributed by atoms with Crippen molar-refractivity contribution in [1.82, 2.24) is 25.9 Å². The third kappa shape index (κ3) is 4.12. The number of carbonyl (C=O) groups excluding carboxylic acids is 1. The van der Waals surface area contributed by atoms with Gasteiger partial charge in [-0.1, -0.05) is 29.6 Å². The van der Waals surface area contributed by atoms with Crippen molar-refractivity contribution in [2.45, 2.75) is 64.5 Å². The van der Waals surface area contributed by atoms with Gasteiger partial charge in [0.15, 0.2) is 5.82 Å². The molecule has 1 aliphatic carbocycles. The van der Waals surface area contributed by atoms with Crippen molar-refractivity contribution in [2.75, 3.05) is 0 Å². The Kier molecular flexibility index (Phi) is 5.12. The maximum atomic E-state index is 11.9. The fourth-order valence-electron chi connectivity index (χ4n) is 2.93. The summed E-state index contributed by atoms with van der Waals surface area (Å²) >= 11 is 0. The number of rotatable bonds is 5. The number of amides is 2. The van der Waals surface area contributed by atoms with Crippen LogP contribution in [0.25, 0.3) is 0 Å². The zero-order valence-electron chi connectivity index (χ0n) is 14.0. The Hall–Kier alpha value is -2.38. The molecule has 1 aliphatic rings. The molecule has 2 heterocycles. The average Bonchev–Trinajstić information content (AvgIpc) is 3.23. The molecular weight excluding hydrogens is 310 g/mol. The lowest BCUT2D eigenvalue weighted by molar-refractivity contribution is 0.233. The second kappa shape index (κ2) is 7.46. The van der Waals surface area contributed by atoms with E-state index in [4.69, 9.17) is 9.05 Å². The van der Waals surface area contributed by atoms with Crippen LogP contribution in [-0.4, -0.2) is 21.3 Å². The van der Waals surface area contributed by atoms with Gasteiger partial charge in [-0.2, -0.15) is 4.98 Å². The van der Waals surface area contributed by atoms with Gasteiger partial charge >= 0.3 is 6.03 Å². The van der Waals surface area contributed by atoms with E-state index in [0.29, 0.717) is 29.8 Å². The minimum Gasteiger partial charge on any atom is -0.361 e.